The molecule has 2 saturated carbocycles. The van der Waals surface area contributed by atoms with Gasteiger partial charge in [-0.3, -0.25) is 0 Å². The Morgan fingerprint density at radius 3 is 2.72 bits per heavy atom. The van der Waals surface area contributed by atoms with E-state index in [1.54, 1.807) is 12.7 Å². The van der Waals surface area contributed by atoms with Crippen molar-refractivity contribution in [3.63, 3.8) is 0 Å². The number of aryl methyl sites for hydroxylation is 1. The summed E-state index contributed by atoms with van der Waals surface area (Å²) in [6, 6.07) is 6.68. The second-order valence-electron chi connectivity index (χ2n) is 8.23. The van der Waals surface area contributed by atoms with Gasteiger partial charge in [-0.05, 0) is 91.1 Å². The zero-order valence-electron chi connectivity index (χ0n) is 15.4. The van der Waals surface area contributed by atoms with Crippen LogP contribution in [0.3, 0.4) is 0 Å². The average Bonchev–Trinajstić information content (AvgIpc) is 2.94. The molecule has 0 unspecified atom stereocenters. The summed E-state index contributed by atoms with van der Waals surface area (Å²) >= 11 is 5.82. The smallest absolute Gasteiger partial charge is 0.135 e. The van der Waals surface area contributed by atoms with E-state index in [4.69, 9.17) is 21.1 Å². The van der Waals surface area contributed by atoms with Crippen molar-refractivity contribution in [1.29, 1.82) is 0 Å². The van der Waals surface area contributed by atoms with Crippen molar-refractivity contribution in [2.45, 2.75) is 57.0 Å². The lowest BCUT2D eigenvalue weighted by molar-refractivity contribution is -0.0885. The van der Waals surface area contributed by atoms with Crippen molar-refractivity contribution in [2.24, 2.45) is 17.3 Å². The molecule has 0 radical (unpaired) electrons. The van der Waals surface area contributed by atoms with E-state index >= 15 is 0 Å². The highest BCUT2D eigenvalue weighted by Gasteiger charge is 2.62. The molecule has 0 saturated heterocycles. The quantitative estimate of drug-likeness (QED) is 0.682. The highest BCUT2D eigenvalue weighted by Crippen LogP contribution is 2.65. The van der Waals surface area contributed by atoms with Crippen molar-refractivity contribution < 1.29 is 9.47 Å². The van der Waals surface area contributed by atoms with Gasteiger partial charge in [0.25, 0.3) is 0 Å². The zero-order valence-corrected chi connectivity index (χ0v) is 16.2. The molecule has 0 aliphatic heterocycles. The van der Waals surface area contributed by atoms with Gasteiger partial charge in [-0.2, -0.15) is 0 Å². The van der Waals surface area contributed by atoms with Gasteiger partial charge in [0.05, 0.1) is 7.11 Å². The van der Waals surface area contributed by atoms with Gasteiger partial charge < -0.3 is 9.47 Å². The van der Waals surface area contributed by atoms with E-state index in [9.17, 15) is 0 Å². The maximum atomic E-state index is 6.02. The molecule has 4 rings (SSSR count). The van der Waals surface area contributed by atoms with E-state index in [1.165, 1.54) is 24.8 Å². The Bertz CT molecular complexity index is 733. The molecule has 0 aromatic heterocycles. The van der Waals surface area contributed by atoms with Crippen LogP contribution in [0.2, 0.25) is 0 Å². The van der Waals surface area contributed by atoms with Gasteiger partial charge in [-0.25, -0.2) is 0 Å². The summed E-state index contributed by atoms with van der Waals surface area (Å²) in [7, 11) is 3.56. The standard InChI is InChI=1S/C22H27ClO2/c1-21-10-8-18-17-7-5-16(24-2)14-15(17)4-6-19(18)20(21)9-11-22(21,25-3)12-13-23/h5,7,14,18-20H,4,6,8-11H2,1-3H3/t18-,19-,20+,21+,22-/m1/s1. The molecule has 25 heavy (non-hydrogen) atoms. The first kappa shape index (κ1) is 17.3. The second-order valence-corrected chi connectivity index (χ2v) is 8.41. The lowest BCUT2D eigenvalue weighted by atomic mass is 9.53. The van der Waals surface area contributed by atoms with Crippen LogP contribution in [0, 0.1) is 28.6 Å². The molecule has 3 aliphatic carbocycles. The summed E-state index contributed by atoms with van der Waals surface area (Å²) in [6.45, 7) is 2.40. The van der Waals surface area contributed by atoms with Crippen molar-refractivity contribution >= 4 is 11.6 Å². The number of hydrogen-bond donors (Lipinski definition) is 0. The molecule has 3 aliphatic rings. The minimum absolute atomic E-state index is 0.106. The molecule has 0 bridgehead atoms. The highest BCUT2D eigenvalue weighted by atomic mass is 35.5. The van der Waals surface area contributed by atoms with Crippen LogP contribution in [-0.2, 0) is 11.2 Å². The fraction of sp³-hybridized carbons (Fsp3) is 0.636. The Kier molecular flexibility index (Phi) is 4.29. The summed E-state index contributed by atoms with van der Waals surface area (Å²) in [5, 5.41) is 2.64. The molecular formula is C22H27ClO2. The van der Waals surface area contributed by atoms with Crippen LogP contribution in [0.5, 0.6) is 5.75 Å². The van der Waals surface area contributed by atoms with E-state index in [0.29, 0.717) is 11.8 Å². The first-order chi connectivity index (χ1) is 12.1. The van der Waals surface area contributed by atoms with Crippen molar-refractivity contribution in [1.82, 2.24) is 0 Å². The second kappa shape index (κ2) is 6.22. The van der Waals surface area contributed by atoms with E-state index in [2.05, 4.69) is 36.4 Å². The number of halogens is 1. The summed E-state index contributed by atoms with van der Waals surface area (Å²) in [4.78, 5) is 0. The van der Waals surface area contributed by atoms with Crippen molar-refractivity contribution in [3.05, 3.63) is 29.3 Å². The summed E-state index contributed by atoms with van der Waals surface area (Å²) in [5.74, 6) is 6.30. The topological polar surface area (TPSA) is 18.5 Å². The lowest BCUT2D eigenvalue weighted by Gasteiger charge is -2.53. The Balaban J connectivity index is 1.69. The fourth-order valence-electron chi connectivity index (χ4n) is 6.35. The number of rotatable bonds is 2. The van der Waals surface area contributed by atoms with Crippen LogP contribution >= 0.6 is 11.6 Å². The van der Waals surface area contributed by atoms with Gasteiger partial charge in [-0.1, -0.05) is 18.9 Å². The van der Waals surface area contributed by atoms with Crippen LogP contribution in [0.1, 0.15) is 56.1 Å². The molecule has 1 aromatic rings. The summed E-state index contributed by atoms with van der Waals surface area (Å²) in [5.41, 5.74) is 2.78. The molecular weight excluding hydrogens is 332 g/mol. The molecule has 0 N–H and O–H groups in total. The Morgan fingerprint density at radius 1 is 1.16 bits per heavy atom. The number of hydrogen-bond acceptors (Lipinski definition) is 2. The van der Waals surface area contributed by atoms with E-state index in [0.717, 1.165) is 30.9 Å². The van der Waals surface area contributed by atoms with E-state index in [1.807, 2.05) is 7.11 Å². The SMILES string of the molecule is COc1ccc2c(c1)CC[C@@H]1[C@@H]2CC[C@@]2(C)[C@H]1CC[C@]2(C#CCl)OC. The Labute approximate surface area is 156 Å². The summed E-state index contributed by atoms with van der Waals surface area (Å²) < 4.78 is 11.4. The third kappa shape index (κ3) is 2.36. The third-order valence-corrected chi connectivity index (χ3v) is 7.75. The first-order valence-electron chi connectivity index (χ1n) is 9.43. The Morgan fingerprint density at radius 2 is 2.00 bits per heavy atom. The van der Waals surface area contributed by atoms with E-state index in [-0.39, 0.29) is 11.0 Å². The van der Waals surface area contributed by atoms with Gasteiger partial charge in [0.15, 0.2) is 0 Å². The molecule has 0 amide bonds. The number of fused-ring (bicyclic) bond motifs is 5. The number of methoxy groups -OCH3 is 2. The maximum absolute atomic E-state index is 6.02. The van der Waals surface area contributed by atoms with Gasteiger partial charge in [0, 0.05) is 17.9 Å². The van der Waals surface area contributed by atoms with Crippen molar-refractivity contribution in [3.8, 4) is 17.0 Å². The van der Waals surface area contributed by atoms with Crippen LogP contribution < -0.4 is 4.74 Å². The number of benzene rings is 1. The third-order valence-electron chi connectivity index (χ3n) is 7.65. The van der Waals surface area contributed by atoms with Crippen LogP contribution in [0.15, 0.2) is 18.2 Å². The zero-order chi connectivity index (χ0) is 17.7. The molecule has 2 nitrogen and oxygen atoms in total. The lowest BCUT2D eigenvalue weighted by Crippen LogP contribution is -2.51. The molecule has 1 aromatic carbocycles. The largest absolute Gasteiger partial charge is 0.497 e. The average molecular weight is 359 g/mol. The van der Waals surface area contributed by atoms with Gasteiger partial charge in [0.1, 0.15) is 11.4 Å². The van der Waals surface area contributed by atoms with Crippen molar-refractivity contribution in [2.75, 3.05) is 14.2 Å². The molecule has 2 fully saturated rings. The predicted molar refractivity (Wildman–Crippen MR) is 101 cm³/mol. The van der Waals surface area contributed by atoms with Crippen LogP contribution in [0.4, 0.5) is 0 Å². The molecule has 5 atom stereocenters. The van der Waals surface area contributed by atoms with Crippen LogP contribution in [-0.4, -0.2) is 19.8 Å². The van der Waals surface area contributed by atoms with E-state index < -0.39 is 0 Å². The Hall–Kier alpha value is -1.17. The molecule has 0 spiro atoms. The minimum Gasteiger partial charge on any atom is -0.497 e. The van der Waals surface area contributed by atoms with Gasteiger partial charge in [0.2, 0.25) is 0 Å². The molecule has 3 heteroatoms. The minimum atomic E-state index is -0.370. The van der Waals surface area contributed by atoms with Crippen LogP contribution in [0.25, 0.3) is 0 Å². The molecule has 0 heterocycles. The maximum Gasteiger partial charge on any atom is 0.135 e. The number of ether oxygens (including phenoxy) is 2. The first-order valence-corrected chi connectivity index (χ1v) is 9.81. The summed E-state index contributed by atoms with van der Waals surface area (Å²) in [6.07, 6.45) is 6.99. The van der Waals surface area contributed by atoms with Gasteiger partial charge in [-0.15, -0.1) is 0 Å². The fourth-order valence-corrected chi connectivity index (χ4v) is 6.50. The molecule has 134 valence electrons. The monoisotopic (exact) mass is 358 g/mol. The normalized spacial score (nSPS) is 38.8. The predicted octanol–water partition coefficient (Wildman–Crippen LogP) is 5.14. The van der Waals surface area contributed by atoms with Gasteiger partial charge >= 0.3 is 0 Å². The highest BCUT2D eigenvalue weighted by molar-refractivity contribution is 6.30.